The van der Waals surface area contributed by atoms with E-state index >= 15 is 0 Å². The monoisotopic (exact) mass is 352 g/mol. The first-order valence-electron chi connectivity index (χ1n) is 8.47. The van der Waals surface area contributed by atoms with Crippen LogP contribution in [-0.4, -0.2) is 64.2 Å². The van der Waals surface area contributed by atoms with Gasteiger partial charge in [0.1, 0.15) is 17.5 Å². The number of nitrogens with zero attached hydrogens (tertiary/aromatic N) is 6. The largest absolute Gasteiger partial charge is 0.368 e. The lowest BCUT2D eigenvalue weighted by Gasteiger charge is -2.32. The number of hydrogen-bond acceptors (Lipinski definition) is 6. The molecule has 0 radical (unpaired) electrons. The van der Waals surface area contributed by atoms with Crippen LogP contribution in [0, 0.1) is 0 Å². The molecule has 1 amide bonds. The zero-order chi connectivity index (χ0) is 18.1. The predicted octanol–water partition coefficient (Wildman–Crippen LogP) is 1.40. The van der Waals surface area contributed by atoms with Crippen molar-refractivity contribution >= 4 is 17.4 Å². The van der Waals surface area contributed by atoms with Crippen LogP contribution in [0.5, 0.6) is 0 Å². The standard InChI is InChI=1S/C18H20N6O2/c1-22(2)16-6-3-5-14(21-16)15-12-23(9-10-26-15)18(25)13-11-20-24-8-4-7-19-17(13)24/h3-8,11,15H,9-10,12H2,1-2H3/t15-/m1/s1. The summed E-state index contributed by atoms with van der Waals surface area (Å²) < 4.78 is 7.48. The number of carbonyl (C=O) groups is 1. The van der Waals surface area contributed by atoms with Crippen molar-refractivity contribution in [3.63, 3.8) is 0 Å². The Labute approximate surface area is 151 Å². The Balaban J connectivity index is 1.57. The number of amides is 1. The molecule has 0 bridgehead atoms. The number of ether oxygens (including phenoxy) is 1. The summed E-state index contributed by atoms with van der Waals surface area (Å²) in [5.41, 5.74) is 1.89. The van der Waals surface area contributed by atoms with E-state index < -0.39 is 0 Å². The first-order chi connectivity index (χ1) is 12.6. The van der Waals surface area contributed by atoms with E-state index in [9.17, 15) is 4.79 Å². The zero-order valence-electron chi connectivity index (χ0n) is 14.7. The molecule has 0 aliphatic carbocycles. The van der Waals surface area contributed by atoms with Crippen molar-refractivity contribution in [2.45, 2.75) is 6.10 Å². The second kappa shape index (κ2) is 6.72. The van der Waals surface area contributed by atoms with Crippen LogP contribution in [0.15, 0.2) is 42.9 Å². The number of rotatable bonds is 3. The summed E-state index contributed by atoms with van der Waals surface area (Å²) in [6, 6.07) is 7.61. The van der Waals surface area contributed by atoms with Gasteiger partial charge in [-0.05, 0) is 18.2 Å². The molecule has 1 atom stereocenters. The molecule has 26 heavy (non-hydrogen) atoms. The van der Waals surface area contributed by atoms with E-state index in [2.05, 4.69) is 15.1 Å². The van der Waals surface area contributed by atoms with Crippen molar-refractivity contribution in [1.29, 1.82) is 0 Å². The molecule has 0 saturated carbocycles. The Morgan fingerprint density at radius 1 is 1.31 bits per heavy atom. The number of morpholine rings is 1. The van der Waals surface area contributed by atoms with Gasteiger partial charge in [0.25, 0.3) is 5.91 Å². The Morgan fingerprint density at radius 3 is 3.04 bits per heavy atom. The quantitative estimate of drug-likeness (QED) is 0.709. The lowest BCUT2D eigenvalue weighted by Crippen LogP contribution is -2.42. The van der Waals surface area contributed by atoms with Crippen molar-refractivity contribution in [3.8, 4) is 0 Å². The number of pyridine rings is 1. The molecular formula is C18H20N6O2. The topological polar surface area (TPSA) is 75.9 Å². The third-order valence-corrected chi connectivity index (χ3v) is 4.41. The van der Waals surface area contributed by atoms with Crippen LogP contribution in [0.4, 0.5) is 5.82 Å². The molecule has 4 rings (SSSR count). The maximum Gasteiger partial charge on any atom is 0.259 e. The van der Waals surface area contributed by atoms with Gasteiger partial charge in [-0.15, -0.1) is 0 Å². The average molecular weight is 352 g/mol. The minimum atomic E-state index is -0.248. The molecule has 3 aromatic rings. The van der Waals surface area contributed by atoms with Gasteiger partial charge >= 0.3 is 0 Å². The Hall–Kier alpha value is -3.00. The fraction of sp³-hybridized carbons (Fsp3) is 0.333. The third kappa shape index (κ3) is 2.99. The molecule has 3 aromatic heterocycles. The number of hydrogen-bond donors (Lipinski definition) is 0. The number of anilines is 1. The van der Waals surface area contributed by atoms with Gasteiger partial charge in [-0.25, -0.2) is 14.5 Å². The summed E-state index contributed by atoms with van der Waals surface area (Å²) in [4.78, 5) is 25.6. The smallest absolute Gasteiger partial charge is 0.259 e. The molecule has 0 aromatic carbocycles. The average Bonchev–Trinajstić information content (AvgIpc) is 3.12. The minimum absolute atomic E-state index is 0.0873. The number of fused-ring (bicyclic) bond motifs is 1. The summed E-state index contributed by atoms with van der Waals surface area (Å²) in [6.07, 6.45) is 4.76. The maximum absolute atomic E-state index is 13.0. The Kier molecular flexibility index (Phi) is 4.26. The molecule has 0 unspecified atom stereocenters. The lowest BCUT2D eigenvalue weighted by molar-refractivity contribution is -0.0246. The van der Waals surface area contributed by atoms with Gasteiger partial charge in [0.2, 0.25) is 0 Å². The van der Waals surface area contributed by atoms with Crippen molar-refractivity contribution in [2.24, 2.45) is 0 Å². The van der Waals surface area contributed by atoms with E-state index in [1.165, 1.54) is 0 Å². The van der Waals surface area contributed by atoms with Gasteiger partial charge in [-0.1, -0.05) is 6.07 Å². The fourth-order valence-electron chi connectivity index (χ4n) is 3.03. The number of aromatic nitrogens is 4. The molecule has 1 aliphatic rings. The van der Waals surface area contributed by atoms with Crippen LogP contribution in [0.25, 0.3) is 5.65 Å². The molecule has 0 N–H and O–H groups in total. The van der Waals surface area contributed by atoms with E-state index in [1.807, 2.05) is 37.2 Å². The van der Waals surface area contributed by atoms with Crippen LogP contribution >= 0.6 is 0 Å². The molecule has 0 spiro atoms. The van der Waals surface area contributed by atoms with E-state index in [0.717, 1.165) is 11.5 Å². The summed E-state index contributed by atoms with van der Waals surface area (Å²) in [5, 5.41) is 4.20. The Bertz CT molecular complexity index is 938. The molecule has 4 heterocycles. The summed E-state index contributed by atoms with van der Waals surface area (Å²) in [6.45, 7) is 1.46. The summed E-state index contributed by atoms with van der Waals surface area (Å²) >= 11 is 0. The second-order valence-electron chi connectivity index (χ2n) is 6.37. The van der Waals surface area contributed by atoms with Crippen LogP contribution < -0.4 is 4.90 Å². The van der Waals surface area contributed by atoms with E-state index in [4.69, 9.17) is 4.74 Å². The van der Waals surface area contributed by atoms with Crippen molar-refractivity contribution in [3.05, 3.63) is 54.1 Å². The van der Waals surface area contributed by atoms with Crippen LogP contribution in [-0.2, 0) is 4.74 Å². The fourth-order valence-corrected chi connectivity index (χ4v) is 3.03. The highest BCUT2D eigenvalue weighted by Crippen LogP contribution is 2.24. The summed E-state index contributed by atoms with van der Waals surface area (Å²) in [5.74, 6) is 0.775. The van der Waals surface area contributed by atoms with Gasteiger partial charge < -0.3 is 14.5 Å². The van der Waals surface area contributed by atoms with Crippen LogP contribution in [0.1, 0.15) is 22.2 Å². The number of carbonyl (C=O) groups excluding carboxylic acids is 1. The molecule has 134 valence electrons. The highest BCUT2D eigenvalue weighted by Gasteiger charge is 2.29. The molecule has 8 heteroatoms. The van der Waals surface area contributed by atoms with Gasteiger partial charge in [-0.3, -0.25) is 4.79 Å². The Morgan fingerprint density at radius 2 is 2.19 bits per heavy atom. The van der Waals surface area contributed by atoms with E-state index in [-0.39, 0.29) is 12.0 Å². The van der Waals surface area contributed by atoms with Gasteiger partial charge in [-0.2, -0.15) is 5.10 Å². The molecule has 8 nitrogen and oxygen atoms in total. The zero-order valence-corrected chi connectivity index (χ0v) is 14.7. The van der Waals surface area contributed by atoms with Crippen molar-refractivity contribution in [1.82, 2.24) is 24.5 Å². The molecule has 1 saturated heterocycles. The predicted molar refractivity (Wildman–Crippen MR) is 96.1 cm³/mol. The third-order valence-electron chi connectivity index (χ3n) is 4.41. The maximum atomic E-state index is 13.0. The van der Waals surface area contributed by atoms with Gasteiger partial charge in [0.15, 0.2) is 5.65 Å². The molecule has 1 fully saturated rings. The van der Waals surface area contributed by atoms with Gasteiger partial charge in [0, 0.05) is 33.0 Å². The van der Waals surface area contributed by atoms with Crippen molar-refractivity contribution in [2.75, 3.05) is 38.7 Å². The van der Waals surface area contributed by atoms with E-state index in [1.54, 1.807) is 34.1 Å². The normalized spacial score (nSPS) is 17.5. The van der Waals surface area contributed by atoms with Gasteiger partial charge in [0.05, 0.1) is 25.0 Å². The SMILES string of the molecule is CN(C)c1cccc([C@H]2CN(C(=O)c3cnn4cccnc34)CCO2)n1. The molecule has 1 aliphatic heterocycles. The lowest BCUT2D eigenvalue weighted by atomic mass is 10.1. The first kappa shape index (κ1) is 16.5. The summed E-state index contributed by atoms with van der Waals surface area (Å²) in [7, 11) is 3.89. The second-order valence-corrected chi connectivity index (χ2v) is 6.37. The van der Waals surface area contributed by atoms with Crippen molar-refractivity contribution < 1.29 is 9.53 Å². The van der Waals surface area contributed by atoms with Crippen LogP contribution in [0.2, 0.25) is 0 Å². The highest BCUT2D eigenvalue weighted by atomic mass is 16.5. The first-order valence-corrected chi connectivity index (χ1v) is 8.47. The molecular weight excluding hydrogens is 332 g/mol. The minimum Gasteiger partial charge on any atom is -0.368 e. The van der Waals surface area contributed by atoms with E-state index in [0.29, 0.717) is 30.9 Å². The van der Waals surface area contributed by atoms with Crippen LogP contribution in [0.3, 0.4) is 0 Å². The highest BCUT2D eigenvalue weighted by molar-refractivity contribution is 5.99.